The van der Waals surface area contributed by atoms with Gasteiger partial charge in [0.2, 0.25) is 0 Å². The van der Waals surface area contributed by atoms with Crippen molar-refractivity contribution in [2.75, 3.05) is 19.7 Å². The lowest BCUT2D eigenvalue weighted by Crippen LogP contribution is -2.39. The average molecular weight is 289 g/mol. The monoisotopic (exact) mass is 289 g/mol. The van der Waals surface area contributed by atoms with Crippen LogP contribution in [0.5, 0.6) is 0 Å². The highest BCUT2D eigenvalue weighted by atomic mass is 16.6. The minimum Gasteiger partial charge on any atom is -0.499 e. The summed E-state index contributed by atoms with van der Waals surface area (Å²) in [7, 11) is 0. The molecule has 4 nitrogen and oxygen atoms in total. The molecule has 0 aromatic heterocycles. The molecule has 0 radical (unpaired) electrons. The second kappa shape index (κ2) is 7.72. The minimum atomic E-state index is -0.237. The van der Waals surface area contributed by atoms with Gasteiger partial charge in [-0.25, -0.2) is 4.79 Å². The Hall–Kier alpha value is -1.97. The summed E-state index contributed by atoms with van der Waals surface area (Å²) in [6.07, 6.45) is 1.54. The summed E-state index contributed by atoms with van der Waals surface area (Å²) in [6.45, 7) is 8.29. The van der Waals surface area contributed by atoms with E-state index in [9.17, 15) is 4.79 Å². The van der Waals surface area contributed by atoms with Crippen LogP contribution in [-0.4, -0.2) is 30.7 Å². The first kappa shape index (κ1) is 15.4. The Morgan fingerprint density at radius 2 is 1.90 bits per heavy atom. The first-order valence-electron chi connectivity index (χ1n) is 7.48. The second-order valence-corrected chi connectivity index (χ2v) is 5.20. The van der Waals surface area contributed by atoms with Crippen LogP contribution < -0.4 is 0 Å². The zero-order chi connectivity index (χ0) is 15.1. The summed E-state index contributed by atoms with van der Waals surface area (Å²) < 4.78 is 10.8. The van der Waals surface area contributed by atoms with Gasteiger partial charge in [0.15, 0.2) is 0 Å². The van der Waals surface area contributed by atoms with E-state index in [0.29, 0.717) is 32.2 Å². The van der Waals surface area contributed by atoms with Gasteiger partial charge in [-0.05, 0) is 25.3 Å². The van der Waals surface area contributed by atoms with Crippen molar-refractivity contribution in [1.82, 2.24) is 4.90 Å². The predicted molar refractivity (Wildman–Crippen MR) is 81.7 cm³/mol. The molecule has 21 heavy (non-hydrogen) atoms. The molecule has 0 atom stereocenters. The number of piperidine rings is 1. The van der Waals surface area contributed by atoms with Gasteiger partial charge in [-0.1, -0.05) is 36.9 Å². The van der Waals surface area contributed by atoms with Gasteiger partial charge in [0.25, 0.3) is 0 Å². The molecular weight excluding hydrogens is 266 g/mol. The molecule has 0 N–H and O–H groups in total. The molecule has 114 valence electrons. The highest BCUT2D eigenvalue weighted by molar-refractivity contribution is 5.67. The number of hydrogen-bond donors (Lipinski definition) is 0. The third kappa shape index (κ3) is 4.52. The van der Waals surface area contributed by atoms with E-state index in [1.807, 2.05) is 37.3 Å². The van der Waals surface area contributed by atoms with E-state index < -0.39 is 0 Å². The van der Waals surface area contributed by atoms with Gasteiger partial charge in [0.1, 0.15) is 6.61 Å². The summed E-state index contributed by atoms with van der Waals surface area (Å²) >= 11 is 0. The summed E-state index contributed by atoms with van der Waals surface area (Å²) in [5.41, 5.74) is 1.01. The van der Waals surface area contributed by atoms with Crippen molar-refractivity contribution in [2.24, 2.45) is 5.92 Å². The molecule has 4 heteroatoms. The molecule has 1 amide bonds. The largest absolute Gasteiger partial charge is 0.499 e. The molecule has 1 aromatic carbocycles. The fraction of sp³-hybridized carbons (Fsp3) is 0.471. The van der Waals surface area contributed by atoms with E-state index in [1.165, 1.54) is 0 Å². The van der Waals surface area contributed by atoms with E-state index in [0.717, 1.165) is 24.2 Å². The molecule has 2 rings (SSSR count). The van der Waals surface area contributed by atoms with Crippen LogP contribution in [0.2, 0.25) is 0 Å². The Labute approximate surface area is 126 Å². The first-order valence-corrected chi connectivity index (χ1v) is 7.48. The van der Waals surface area contributed by atoms with Crippen molar-refractivity contribution >= 4 is 6.09 Å². The van der Waals surface area contributed by atoms with Crippen LogP contribution in [0.25, 0.3) is 0 Å². The number of ether oxygens (including phenoxy) is 2. The molecular formula is C17H23NO3. The third-order valence-corrected chi connectivity index (χ3v) is 3.74. The predicted octanol–water partition coefficient (Wildman–Crippen LogP) is 3.59. The van der Waals surface area contributed by atoms with Crippen molar-refractivity contribution in [1.29, 1.82) is 0 Å². The molecule has 0 saturated carbocycles. The fourth-order valence-corrected chi connectivity index (χ4v) is 2.50. The van der Waals surface area contributed by atoms with Gasteiger partial charge in [-0.3, -0.25) is 0 Å². The molecule has 1 heterocycles. The maximum absolute atomic E-state index is 12.0. The number of carbonyl (C=O) groups is 1. The normalized spacial score (nSPS) is 15.6. The summed E-state index contributed by atoms with van der Waals surface area (Å²) in [5.74, 6) is 1.19. The zero-order valence-corrected chi connectivity index (χ0v) is 12.6. The molecule has 1 saturated heterocycles. The Bertz CT molecular complexity index is 464. The van der Waals surface area contributed by atoms with Gasteiger partial charge in [-0.15, -0.1) is 0 Å². The Balaban J connectivity index is 1.74. The summed E-state index contributed by atoms with van der Waals surface area (Å²) in [6, 6.07) is 9.72. The van der Waals surface area contributed by atoms with Gasteiger partial charge in [-0.2, -0.15) is 0 Å². The lowest BCUT2D eigenvalue weighted by Gasteiger charge is -2.31. The zero-order valence-electron chi connectivity index (χ0n) is 12.6. The van der Waals surface area contributed by atoms with Crippen LogP contribution in [0.15, 0.2) is 42.7 Å². The van der Waals surface area contributed by atoms with Crippen molar-refractivity contribution in [2.45, 2.75) is 26.4 Å². The van der Waals surface area contributed by atoms with Gasteiger partial charge < -0.3 is 14.4 Å². The Morgan fingerprint density at radius 3 is 2.52 bits per heavy atom. The van der Waals surface area contributed by atoms with Crippen LogP contribution in [0.3, 0.4) is 0 Å². The van der Waals surface area contributed by atoms with Crippen LogP contribution in [0, 0.1) is 5.92 Å². The maximum atomic E-state index is 12.0. The Morgan fingerprint density at radius 1 is 1.24 bits per heavy atom. The van der Waals surface area contributed by atoms with Crippen LogP contribution in [0.4, 0.5) is 4.79 Å². The highest BCUT2D eigenvalue weighted by Crippen LogP contribution is 2.24. The molecule has 1 aromatic rings. The standard InChI is InChI=1S/C17H23NO3/c1-3-20-14(2)16-9-11-18(12-10-16)17(19)21-13-15-7-5-4-6-8-15/h4-8,16H,2-3,9-13H2,1H3. The minimum absolute atomic E-state index is 0.237. The highest BCUT2D eigenvalue weighted by Gasteiger charge is 2.25. The average Bonchev–Trinajstić information content (AvgIpc) is 2.54. The number of carbonyl (C=O) groups excluding carboxylic acids is 1. The van der Waals surface area contributed by atoms with Crippen molar-refractivity contribution in [3.05, 3.63) is 48.2 Å². The molecule has 0 unspecified atom stereocenters. The van der Waals surface area contributed by atoms with Gasteiger partial charge in [0.05, 0.1) is 12.4 Å². The van der Waals surface area contributed by atoms with Crippen LogP contribution in [0.1, 0.15) is 25.3 Å². The van der Waals surface area contributed by atoms with E-state index in [4.69, 9.17) is 9.47 Å². The molecule has 1 fully saturated rings. The molecule has 0 spiro atoms. The SMILES string of the molecule is C=C(OCC)C1CCN(C(=O)OCc2ccccc2)CC1. The van der Waals surface area contributed by atoms with E-state index in [1.54, 1.807) is 4.90 Å². The lowest BCUT2D eigenvalue weighted by molar-refractivity contribution is 0.0774. The summed E-state index contributed by atoms with van der Waals surface area (Å²) in [4.78, 5) is 13.8. The molecule has 0 aliphatic carbocycles. The van der Waals surface area contributed by atoms with E-state index in [2.05, 4.69) is 6.58 Å². The van der Waals surface area contributed by atoms with Crippen molar-refractivity contribution in [3.63, 3.8) is 0 Å². The topological polar surface area (TPSA) is 38.8 Å². The number of hydrogen-bond acceptors (Lipinski definition) is 3. The van der Waals surface area contributed by atoms with E-state index in [-0.39, 0.29) is 6.09 Å². The molecule has 1 aliphatic rings. The third-order valence-electron chi connectivity index (χ3n) is 3.74. The van der Waals surface area contributed by atoms with Gasteiger partial charge >= 0.3 is 6.09 Å². The Kier molecular flexibility index (Phi) is 5.67. The summed E-state index contributed by atoms with van der Waals surface area (Å²) in [5, 5.41) is 0. The van der Waals surface area contributed by atoms with Gasteiger partial charge in [0, 0.05) is 19.0 Å². The number of amides is 1. The number of rotatable bonds is 5. The first-order chi connectivity index (χ1) is 10.2. The number of nitrogens with zero attached hydrogens (tertiary/aromatic N) is 1. The number of allylic oxidation sites excluding steroid dienone is 1. The fourth-order valence-electron chi connectivity index (χ4n) is 2.50. The molecule has 1 aliphatic heterocycles. The number of likely N-dealkylation sites (tertiary alicyclic amines) is 1. The van der Waals surface area contributed by atoms with Crippen LogP contribution in [-0.2, 0) is 16.1 Å². The van der Waals surface area contributed by atoms with E-state index >= 15 is 0 Å². The van der Waals surface area contributed by atoms with Crippen molar-refractivity contribution < 1.29 is 14.3 Å². The number of benzene rings is 1. The van der Waals surface area contributed by atoms with Crippen molar-refractivity contribution in [3.8, 4) is 0 Å². The second-order valence-electron chi connectivity index (χ2n) is 5.20. The van der Waals surface area contributed by atoms with Crippen LogP contribution >= 0.6 is 0 Å². The lowest BCUT2D eigenvalue weighted by atomic mass is 9.95. The molecule has 0 bridgehead atoms. The maximum Gasteiger partial charge on any atom is 0.410 e. The smallest absolute Gasteiger partial charge is 0.410 e. The quantitative estimate of drug-likeness (QED) is 0.778.